The van der Waals surface area contributed by atoms with Gasteiger partial charge in [0.05, 0.1) is 0 Å². The number of hydrogen-bond donors (Lipinski definition) is 1. The molecule has 0 aromatic rings. The fourth-order valence-electron chi connectivity index (χ4n) is 7.67. The Morgan fingerprint density at radius 1 is 0.407 bits per heavy atom. The molecule has 0 spiro atoms. The Hall–Kier alpha value is -0.519. The number of nitrogens with one attached hydrogen (secondary N) is 1. The van der Waals surface area contributed by atoms with Gasteiger partial charge in [0.25, 0.3) is 5.91 Å². The third kappa shape index (κ3) is 42.6. The van der Waals surface area contributed by atoms with E-state index in [2.05, 4.69) is 96.3 Å². The normalized spacial score (nSPS) is 14.4. The predicted octanol–water partition coefficient (Wildman–Crippen LogP) is 17.4. The monoisotopic (exact) mass is 880 g/mol. The summed E-state index contributed by atoms with van der Waals surface area (Å²) in [5, 5.41) is 3.29. The highest BCUT2D eigenvalue weighted by Crippen LogP contribution is 2.20. The van der Waals surface area contributed by atoms with Gasteiger partial charge in [-0.25, -0.2) is 0 Å². The highest BCUT2D eigenvalue weighted by molar-refractivity contribution is 6.70. The van der Waals surface area contributed by atoms with Gasteiger partial charge in [0.15, 0.2) is 25.0 Å². The number of unbranched alkanes of at least 4 members (excludes halogenated alkanes) is 30. The summed E-state index contributed by atoms with van der Waals surface area (Å²) < 4.78 is 19.9. The lowest BCUT2D eigenvalue weighted by atomic mass is 10.0. The molecule has 59 heavy (non-hydrogen) atoms. The van der Waals surface area contributed by atoms with Crippen LogP contribution in [0.5, 0.6) is 0 Å². The van der Waals surface area contributed by atoms with Crippen molar-refractivity contribution in [1.82, 2.24) is 5.32 Å². The number of carbonyl (C=O) groups excluding carboxylic acids is 1. The maximum Gasteiger partial charge on any atom is 0.254 e. The van der Waals surface area contributed by atoms with Crippen molar-refractivity contribution in [3.8, 4) is 0 Å². The molecule has 0 radical (unpaired) electrons. The van der Waals surface area contributed by atoms with Crippen molar-refractivity contribution in [3.63, 3.8) is 0 Å². The fraction of sp³-hybridized carbons (Fsp3) is 0.902. The Kier molecular flexibility index (Phi) is 37.6. The van der Waals surface area contributed by atoms with Gasteiger partial charge in [-0.05, 0) is 84.6 Å². The first kappa shape index (κ1) is 58.5. The molecule has 0 aromatic heterocycles. The molecule has 0 saturated heterocycles. The van der Waals surface area contributed by atoms with Gasteiger partial charge >= 0.3 is 0 Å². The van der Waals surface area contributed by atoms with Crippen molar-refractivity contribution < 1.29 is 18.1 Å². The Morgan fingerprint density at radius 3 is 1.00 bits per heavy atom. The maximum absolute atomic E-state index is 14.0. The second kappa shape index (κ2) is 38.0. The van der Waals surface area contributed by atoms with E-state index in [0.717, 1.165) is 19.3 Å². The zero-order valence-electron chi connectivity index (χ0n) is 41.8. The van der Waals surface area contributed by atoms with E-state index < -0.39 is 37.3 Å². The number of carbonyl (C=O) groups is 1. The fourth-order valence-corrected chi connectivity index (χ4v) is 10.6. The molecule has 0 fully saturated rings. The highest BCUT2D eigenvalue weighted by Gasteiger charge is 2.34. The van der Waals surface area contributed by atoms with E-state index in [0.29, 0.717) is 0 Å². The summed E-state index contributed by atoms with van der Waals surface area (Å²) >= 11 is 0. The molecule has 0 bridgehead atoms. The Bertz CT molecular complexity index is 1000. The second-order valence-electron chi connectivity index (χ2n) is 20.8. The van der Waals surface area contributed by atoms with Crippen molar-refractivity contribution in [2.75, 3.05) is 0 Å². The van der Waals surface area contributed by atoms with Gasteiger partial charge in [0.2, 0.25) is 0 Å². The minimum atomic E-state index is -2.03. The quantitative estimate of drug-likeness (QED) is 0.0287. The first-order chi connectivity index (χ1) is 28.1. The molecule has 0 saturated carbocycles. The second-order valence-corrected chi connectivity index (χ2v) is 34.2. The van der Waals surface area contributed by atoms with Crippen LogP contribution in [0.4, 0.5) is 0 Å². The molecule has 0 aromatic carbocycles. The van der Waals surface area contributed by atoms with Crippen LogP contribution in [0, 0.1) is 0 Å². The molecule has 8 heteroatoms. The molecule has 0 aliphatic heterocycles. The first-order valence-electron chi connectivity index (χ1n) is 25.7. The Morgan fingerprint density at radius 2 is 0.695 bits per heavy atom. The zero-order valence-corrected chi connectivity index (χ0v) is 44.8. The van der Waals surface area contributed by atoms with Crippen LogP contribution in [0.3, 0.4) is 0 Å². The highest BCUT2D eigenvalue weighted by atomic mass is 28.4. The van der Waals surface area contributed by atoms with E-state index in [4.69, 9.17) is 13.3 Å². The van der Waals surface area contributed by atoms with Gasteiger partial charge in [-0.1, -0.05) is 218 Å². The number of amides is 1. The SMILES string of the molecule is CCCCCCCCCCCCC/C=C/C(O[Si](C)(C)C)C(NC(=O)C(/C=C/CCCCCCCCCCCCCCCCCCCCC)O[Si](C)(C)C)O[Si](C)(C)C. The van der Waals surface area contributed by atoms with Crippen LogP contribution in [0.25, 0.3) is 0 Å². The molecule has 3 atom stereocenters. The lowest BCUT2D eigenvalue weighted by Gasteiger charge is -2.36. The molecule has 0 aliphatic carbocycles. The van der Waals surface area contributed by atoms with Crippen LogP contribution in [-0.2, 0) is 18.1 Å². The smallest absolute Gasteiger partial charge is 0.254 e. The summed E-state index contributed by atoms with van der Waals surface area (Å²) in [4.78, 5) is 14.0. The zero-order chi connectivity index (χ0) is 44.1. The van der Waals surface area contributed by atoms with E-state index in [1.165, 1.54) is 186 Å². The minimum absolute atomic E-state index is 0.122. The molecular formula is C51H105NO4Si3. The standard InChI is InChI=1S/C51H105NO4Si3/c1-12-14-16-18-20-22-24-26-27-28-29-30-31-32-33-35-36-38-40-42-44-46-48(54-57(3,4)5)50(53)52-51(56-59(9,10)11)49(55-58(6,7)8)47-45-43-41-39-37-34-25-23-21-19-17-15-13-2/h44-49,51H,12-43H2,1-11H3,(H,52,53)/b46-44+,47-45+. The molecule has 0 rings (SSSR count). The average Bonchev–Trinajstić information content (AvgIpc) is 3.14. The predicted molar refractivity (Wildman–Crippen MR) is 270 cm³/mol. The van der Waals surface area contributed by atoms with Gasteiger partial charge in [-0.15, -0.1) is 0 Å². The van der Waals surface area contributed by atoms with Crippen molar-refractivity contribution in [1.29, 1.82) is 0 Å². The van der Waals surface area contributed by atoms with Gasteiger partial charge in [0.1, 0.15) is 18.4 Å². The summed E-state index contributed by atoms with van der Waals surface area (Å²) in [6.45, 7) is 24.2. The Labute approximate surface area is 373 Å². The lowest BCUT2D eigenvalue weighted by molar-refractivity contribution is -0.130. The molecular weight excluding hydrogens is 775 g/mol. The van der Waals surface area contributed by atoms with Gasteiger partial charge in [0, 0.05) is 0 Å². The van der Waals surface area contributed by atoms with E-state index >= 15 is 0 Å². The van der Waals surface area contributed by atoms with Crippen LogP contribution >= 0.6 is 0 Å². The molecule has 1 N–H and O–H groups in total. The Balaban J connectivity index is 4.81. The summed E-state index contributed by atoms with van der Waals surface area (Å²) in [5.41, 5.74) is 0. The first-order valence-corrected chi connectivity index (χ1v) is 36.0. The average molecular weight is 881 g/mol. The molecule has 1 amide bonds. The molecule has 3 unspecified atom stereocenters. The van der Waals surface area contributed by atoms with Crippen molar-refractivity contribution in [3.05, 3.63) is 24.3 Å². The van der Waals surface area contributed by atoms with Crippen LogP contribution in [0.15, 0.2) is 24.3 Å². The van der Waals surface area contributed by atoms with E-state index in [-0.39, 0.29) is 12.0 Å². The van der Waals surface area contributed by atoms with Crippen LogP contribution in [0.2, 0.25) is 58.9 Å². The topological polar surface area (TPSA) is 56.8 Å². The third-order valence-corrected chi connectivity index (χ3v) is 13.8. The van der Waals surface area contributed by atoms with E-state index in [1.807, 2.05) is 6.08 Å². The largest absolute Gasteiger partial charge is 0.407 e. The summed E-state index contributed by atoms with van der Waals surface area (Å²) in [7, 11) is -5.97. The lowest BCUT2D eigenvalue weighted by Crippen LogP contribution is -2.55. The van der Waals surface area contributed by atoms with Gasteiger partial charge < -0.3 is 18.6 Å². The summed E-state index contributed by atoms with van der Waals surface area (Å²) in [6, 6.07) is 0. The van der Waals surface area contributed by atoms with Crippen molar-refractivity contribution in [2.45, 2.75) is 297 Å². The van der Waals surface area contributed by atoms with E-state index in [1.54, 1.807) is 0 Å². The van der Waals surface area contributed by atoms with Crippen molar-refractivity contribution in [2.24, 2.45) is 0 Å². The number of hydrogen-bond acceptors (Lipinski definition) is 4. The van der Waals surface area contributed by atoms with Crippen LogP contribution in [-0.4, -0.2) is 49.3 Å². The van der Waals surface area contributed by atoms with Crippen LogP contribution < -0.4 is 5.32 Å². The van der Waals surface area contributed by atoms with Crippen LogP contribution in [0.1, 0.15) is 219 Å². The maximum atomic E-state index is 14.0. The molecule has 0 aliphatic rings. The molecule has 0 heterocycles. The van der Waals surface area contributed by atoms with Gasteiger partial charge in [-0.2, -0.15) is 0 Å². The third-order valence-electron chi connectivity index (χ3n) is 10.9. The van der Waals surface area contributed by atoms with Gasteiger partial charge in [-0.3, -0.25) is 4.79 Å². The van der Waals surface area contributed by atoms with Crippen molar-refractivity contribution >= 4 is 30.9 Å². The molecule has 350 valence electrons. The number of rotatable bonds is 43. The minimum Gasteiger partial charge on any atom is -0.407 e. The van der Waals surface area contributed by atoms with E-state index in [9.17, 15) is 4.79 Å². The summed E-state index contributed by atoms with van der Waals surface area (Å²) in [5.74, 6) is -0.122. The number of allylic oxidation sites excluding steroid dienone is 2. The molecule has 5 nitrogen and oxygen atoms in total. The summed E-state index contributed by atoms with van der Waals surface area (Å²) in [6.07, 6.45) is 50.4.